The van der Waals surface area contributed by atoms with Crippen LogP contribution in [0.15, 0.2) is 53.7 Å². The fourth-order valence-electron chi connectivity index (χ4n) is 3.76. The molecule has 5 rings (SSSR count). The average molecular weight is 527 g/mol. The number of anilines is 1. The Labute approximate surface area is 214 Å². The van der Waals surface area contributed by atoms with Crippen LogP contribution >= 0.6 is 0 Å². The number of methoxy groups -OCH3 is 1. The van der Waals surface area contributed by atoms with Gasteiger partial charge in [-0.15, -0.1) is 0 Å². The van der Waals surface area contributed by atoms with Crippen LogP contribution < -0.4 is 14.8 Å². The minimum absolute atomic E-state index is 0.0676. The Hall–Kier alpha value is -4.08. The second-order valence-corrected chi connectivity index (χ2v) is 9.81. The first-order valence-corrected chi connectivity index (χ1v) is 12.7. The average Bonchev–Trinajstić information content (AvgIpc) is 3.28. The van der Waals surface area contributed by atoms with E-state index in [4.69, 9.17) is 7.48 Å². The highest BCUT2D eigenvalue weighted by Gasteiger charge is 2.22. The van der Waals surface area contributed by atoms with Gasteiger partial charge in [0.15, 0.2) is 5.65 Å². The number of nitrogens with zero attached hydrogens (tertiary/aromatic N) is 4. The van der Waals surface area contributed by atoms with Gasteiger partial charge in [0.05, 0.1) is 19.0 Å². The summed E-state index contributed by atoms with van der Waals surface area (Å²) in [6, 6.07) is 6.95. The van der Waals surface area contributed by atoms with E-state index >= 15 is 0 Å². The smallest absolute Gasteiger partial charge is 0.264 e. The topological polar surface area (TPSA) is 111 Å². The fourth-order valence-corrected chi connectivity index (χ4v) is 4.87. The van der Waals surface area contributed by atoms with Crippen molar-refractivity contribution in [1.29, 1.82) is 0 Å². The number of rotatable bonds is 5. The van der Waals surface area contributed by atoms with E-state index in [-0.39, 0.29) is 23.9 Å². The van der Waals surface area contributed by atoms with Crippen LogP contribution in [0.1, 0.15) is 21.3 Å². The summed E-state index contributed by atoms with van der Waals surface area (Å²) in [7, 11) is -3.15. The SMILES string of the molecule is [2H]C1([2H])CC(C#Cc2cnc3ccc(-c4cnc(OC)c(NS(=O)(=O)c5ccc(F)cc5F)c4)nn23)CCN1. The second kappa shape index (κ2) is 10.1. The van der Waals surface area contributed by atoms with Gasteiger partial charge in [-0.25, -0.2) is 31.7 Å². The molecule has 1 fully saturated rings. The molecule has 0 amide bonds. The van der Waals surface area contributed by atoms with Crippen LogP contribution in [0.4, 0.5) is 14.5 Å². The van der Waals surface area contributed by atoms with Crippen molar-refractivity contribution in [3.63, 3.8) is 0 Å². The number of hydrogen-bond donors (Lipinski definition) is 2. The minimum Gasteiger partial charge on any atom is -0.480 e. The number of aromatic nitrogens is 4. The van der Waals surface area contributed by atoms with Gasteiger partial charge in [0.1, 0.15) is 27.9 Å². The lowest BCUT2D eigenvalue weighted by Gasteiger charge is -2.17. The monoisotopic (exact) mass is 526 g/mol. The van der Waals surface area contributed by atoms with Crippen molar-refractivity contribution in [3.8, 4) is 29.0 Å². The van der Waals surface area contributed by atoms with E-state index in [9.17, 15) is 17.2 Å². The summed E-state index contributed by atoms with van der Waals surface area (Å²) in [5, 5.41) is 7.40. The molecule has 0 bridgehead atoms. The zero-order valence-corrected chi connectivity index (χ0v) is 20.3. The lowest BCUT2D eigenvalue weighted by atomic mass is 9.99. The van der Waals surface area contributed by atoms with E-state index < -0.39 is 33.1 Å². The van der Waals surface area contributed by atoms with Gasteiger partial charge in [-0.05, 0) is 62.1 Å². The maximum absolute atomic E-state index is 14.2. The van der Waals surface area contributed by atoms with Gasteiger partial charge in [0.25, 0.3) is 10.0 Å². The van der Waals surface area contributed by atoms with E-state index in [1.165, 1.54) is 23.9 Å². The molecule has 12 heteroatoms. The maximum atomic E-state index is 14.2. The molecule has 0 spiro atoms. The molecule has 190 valence electrons. The van der Waals surface area contributed by atoms with Gasteiger partial charge in [-0.2, -0.15) is 5.10 Å². The predicted molar refractivity (Wildman–Crippen MR) is 132 cm³/mol. The van der Waals surface area contributed by atoms with E-state index in [1.807, 2.05) is 0 Å². The molecule has 4 aromatic rings. The van der Waals surface area contributed by atoms with Crippen LogP contribution in [0.25, 0.3) is 16.9 Å². The molecule has 1 atom stereocenters. The van der Waals surface area contributed by atoms with Gasteiger partial charge >= 0.3 is 0 Å². The van der Waals surface area contributed by atoms with Gasteiger partial charge in [-0.1, -0.05) is 5.92 Å². The molecule has 0 aliphatic carbocycles. The van der Waals surface area contributed by atoms with Crippen LogP contribution in [0.3, 0.4) is 0 Å². The second-order valence-electron chi connectivity index (χ2n) is 8.16. The first-order valence-electron chi connectivity index (χ1n) is 12.2. The number of ether oxygens (including phenoxy) is 1. The molecule has 1 unspecified atom stereocenters. The lowest BCUT2D eigenvalue weighted by Crippen LogP contribution is -2.26. The lowest BCUT2D eigenvalue weighted by molar-refractivity contribution is 0.400. The quantitative estimate of drug-likeness (QED) is 0.384. The Bertz CT molecular complexity index is 1740. The first kappa shape index (κ1) is 22.1. The van der Waals surface area contributed by atoms with Gasteiger partial charge < -0.3 is 10.1 Å². The zero-order valence-electron chi connectivity index (χ0n) is 21.5. The Kier molecular flexibility index (Phi) is 6.06. The summed E-state index contributed by atoms with van der Waals surface area (Å²) in [5.74, 6) is 3.82. The number of hydrogen-bond acceptors (Lipinski definition) is 7. The molecule has 3 aromatic heterocycles. The van der Waals surface area contributed by atoms with Crippen LogP contribution in [0, 0.1) is 29.4 Å². The van der Waals surface area contributed by atoms with Crippen molar-refractivity contribution < 1.29 is 24.7 Å². The number of sulfonamides is 1. The van der Waals surface area contributed by atoms with Crippen LogP contribution in [-0.4, -0.2) is 48.2 Å². The molecule has 4 heterocycles. The normalized spacial score (nSPS) is 17.9. The fraction of sp³-hybridized carbons (Fsp3) is 0.240. The Balaban J connectivity index is 1.47. The zero-order chi connectivity index (χ0) is 27.8. The molecule has 37 heavy (non-hydrogen) atoms. The third kappa shape index (κ3) is 5.23. The molecular weight excluding hydrogens is 502 g/mol. The number of piperidine rings is 1. The maximum Gasteiger partial charge on any atom is 0.264 e. The third-order valence-corrected chi connectivity index (χ3v) is 7.02. The van der Waals surface area contributed by atoms with Gasteiger partial charge in [0, 0.05) is 26.5 Å². The Morgan fingerprint density at radius 3 is 2.84 bits per heavy atom. The molecule has 0 radical (unpaired) electrons. The molecule has 0 saturated carbocycles. The largest absolute Gasteiger partial charge is 0.480 e. The number of nitrogens with one attached hydrogen (secondary N) is 2. The minimum atomic E-state index is -4.45. The molecular formula is C25H22F2N6O3S. The Morgan fingerprint density at radius 1 is 1.19 bits per heavy atom. The van der Waals surface area contributed by atoms with Crippen molar-refractivity contribution in [2.75, 3.05) is 24.9 Å². The van der Waals surface area contributed by atoms with Gasteiger partial charge in [-0.3, -0.25) is 4.72 Å². The summed E-state index contributed by atoms with van der Waals surface area (Å²) in [6.45, 7) is -0.933. The van der Waals surface area contributed by atoms with Crippen molar-refractivity contribution >= 4 is 21.4 Å². The Morgan fingerprint density at radius 2 is 2.05 bits per heavy atom. The highest BCUT2D eigenvalue weighted by atomic mass is 32.2. The summed E-state index contributed by atoms with van der Waals surface area (Å²) >= 11 is 0. The van der Waals surface area contributed by atoms with E-state index in [1.54, 1.807) is 18.3 Å². The molecule has 1 aliphatic rings. The van der Waals surface area contributed by atoms with Crippen LogP contribution in [0.5, 0.6) is 5.88 Å². The number of benzene rings is 1. The number of imidazole rings is 1. The van der Waals surface area contributed by atoms with Crippen LogP contribution in [-0.2, 0) is 10.0 Å². The van der Waals surface area contributed by atoms with E-state index in [0.29, 0.717) is 35.2 Å². The van der Waals surface area contributed by atoms with Crippen molar-refractivity contribution in [2.24, 2.45) is 5.92 Å². The highest BCUT2D eigenvalue weighted by Crippen LogP contribution is 2.30. The summed E-state index contributed by atoms with van der Waals surface area (Å²) in [4.78, 5) is 7.72. The van der Waals surface area contributed by atoms with Crippen molar-refractivity contribution in [3.05, 3.63) is 66.1 Å². The molecule has 9 nitrogen and oxygen atoms in total. The van der Waals surface area contributed by atoms with Crippen molar-refractivity contribution in [2.45, 2.75) is 17.7 Å². The van der Waals surface area contributed by atoms with Crippen LogP contribution in [0.2, 0.25) is 0 Å². The molecule has 1 saturated heterocycles. The van der Waals surface area contributed by atoms with Crippen molar-refractivity contribution in [1.82, 2.24) is 24.9 Å². The standard InChI is InChI=1S/C25H22F2N6O3S/c1-36-25-22(32-37(34,35)23-6-3-18(26)13-20(23)27)12-17(14-30-25)21-5-7-24-29-15-19(33(24)31-21)4-2-16-8-10-28-11-9-16/h3,5-7,12-16,28,32H,8-11H2,1H3/i10D2. The third-order valence-electron chi connectivity index (χ3n) is 5.63. The number of fused-ring (bicyclic) bond motifs is 1. The van der Waals surface area contributed by atoms with Gasteiger partial charge in [0.2, 0.25) is 5.88 Å². The number of pyridine rings is 1. The molecule has 2 N–H and O–H groups in total. The first-order chi connectivity index (χ1) is 18.5. The molecule has 1 aromatic carbocycles. The summed E-state index contributed by atoms with van der Waals surface area (Å²) in [5.41, 5.74) is 1.77. The number of halogens is 2. The molecule has 1 aliphatic heterocycles. The summed E-state index contributed by atoms with van der Waals surface area (Å²) < 4.78 is 77.9. The summed E-state index contributed by atoms with van der Waals surface area (Å²) in [6.07, 6.45) is 3.99. The predicted octanol–water partition coefficient (Wildman–Crippen LogP) is 3.23. The van der Waals surface area contributed by atoms with E-state index in [2.05, 4.69) is 36.9 Å². The van der Waals surface area contributed by atoms with E-state index in [0.717, 1.165) is 18.6 Å². The highest BCUT2D eigenvalue weighted by molar-refractivity contribution is 7.92.